The molecule has 1 aromatic carbocycles. The van der Waals surface area contributed by atoms with Gasteiger partial charge in [0.25, 0.3) is 0 Å². The highest BCUT2D eigenvalue weighted by Crippen LogP contribution is 2.44. The van der Waals surface area contributed by atoms with Crippen molar-refractivity contribution >= 4 is 6.03 Å². The fourth-order valence-corrected chi connectivity index (χ4v) is 5.67. The first kappa shape index (κ1) is 23.5. The zero-order valence-corrected chi connectivity index (χ0v) is 20.0. The Morgan fingerprint density at radius 2 is 1.94 bits per heavy atom. The molecular formula is C25H40N4O3. The lowest BCUT2D eigenvalue weighted by Crippen LogP contribution is -2.60. The second-order valence-electron chi connectivity index (χ2n) is 9.86. The predicted octanol–water partition coefficient (Wildman–Crippen LogP) is 2.77. The summed E-state index contributed by atoms with van der Waals surface area (Å²) in [6.07, 6.45) is 3.96. The van der Waals surface area contributed by atoms with E-state index >= 15 is 0 Å². The molecular weight excluding hydrogens is 404 g/mol. The number of rotatable bonds is 7. The van der Waals surface area contributed by atoms with E-state index < -0.39 is 5.79 Å². The van der Waals surface area contributed by atoms with Gasteiger partial charge in [0, 0.05) is 57.6 Å². The normalized spacial score (nSPS) is 27.4. The van der Waals surface area contributed by atoms with Crippen molar-refractivity contribution in [3.63, 3.8) is 0 Å². The maximum atomic E-state index is 13.1. The molecule has 2 amide bonds. The average Bonchev–Trinajstić information content (AvgIpc) is 3.22. The summed E-state index contributed by atoms with van der Waals surface area (Å²) in [6.45, 7) is 7.58. The van der Waals surface area contributed by atoms with Crippen LogP contribution in [0, 0.1) is 5.92 Å². The van der Waals surface area contributed by atoms with Crippen LogP contribution in [0.1, 0.15) is 38.2 Å². The first-order chi connectivity index (χ1) is 15.5. The summed E-state index contributed by atoms with van der Waals surface area (Å²) in [7, 11) is 4.08. The summed E-state index contributed by atoms with van der Waals surface area (Å²) in [4.78, 5) is 19.7. The van der Waals surface area contributed by atoms with Gasteiger partial charge in [-0.1, -0.05) is 30.3 Å². The largest absolute Gasteiger partial charge is 0.348 e. The quantitative estimate of drug-likeness (QED) is 0.701. The Hall–Kier alpha value is -1.67. The predicted molar refractivity (Wildman–Crippen MR) is 125 cm³/mol. The van der Waals surface area contributed by atoms with Crippen LogP contribution in [0.5, 0.6) is 0 Å². The van der Waals surface area contributed by atoms with Crippen LogP contribution in [0.25, 0.3) is 0 Å². The Kier molecular flexibility index (Phi) is 7.71. The lowest BCUT2D eigenvalue weighted by molar-refractivity contribution is -0.202. The number of hydrogen-bond donors (Lipinski definition) is 1. The van der Waals surface area contributed by atoms with Crippen LogP contribution < -0.4 is 5.32 Å². The third kappa shape index (κ3) is 5.63. The smallest absolute Gasteiger partial charge is 0.317 e. The Labute approximate surface area is 193 Å². The van der Waals surface area contributed by atoms with Crippen molar-refractivity contribution in [1.29, 1.82) is 0 Å². The second kappa shape index (κ2) is 10.5. The lowest BCUT2D eigenvalue weighted by atomic mass is 9.74. The van der Waals surface area contributed by atoms with Crippen molar-refractivity contribution < 1.29 is 14.3 Å². The summed E-state index contributed by atoms with van der Waals surface area (Å²) in [6, 6.07) is 11.4. The van der Waals surface area contributed by atoms with Crippen LogP contribution >= 0.6 is 0 Å². The van der Waals surface area contributed by atoms with Crippen LogP contribution in [0.15, 0.2) is 30.3 Å². The molecule has 2 heterocycles. The zero-order valence-electron chi connectivity index (χ0n) is 20.0. The van der Waals surface area contributed by atoms with E-state index in [1.807, 2.05) is 25.9 Å². The molecule has 4 rings (SSSR count). The fraction of sp³-hybridized carbons (Fsp3) is 0.720. The number of amides is 2. The number of nitrogens with zero attached hydrogens (tertiary/aromatic N) is 3. The third-order valence-corrected chi connectivity index (χ3v) is 7.31. The van der Waals surface area contributed by atoms with Crippen LogP contribution in [0.2, 0.25) is 0 Å². The number of urea groups is 1. The molecule has 3 atom stereocenters. The number of fused-ring (bicyclic) bond motifs is 1. The number of carbonyl (C=O) groups is 1. The number of carbonyl (C=O) groups excluding carboxylic acids is 1. The molecule has 7 heteroatoms. The van der Waals surface area contributed by atoms with Crippen molar-refractivity contribution in [3.05, 3.63) is 35.9 Å². The number of benzene rings is 1. The van der Waals surface area contributed by atoms with Gasteiger partial charge in [-0.2, -0.15) is 0 Å². The Morgan fingerprint density at radius 3 is 2.62 bits per heavy atom. The van der Waals surface area contributed by atoms with E-state index in [-0.39, 0.29) is 12.1 Å². The number of ether oxygens (including phenoxy) is 2. The molecule has 3 aliphatic rings. The molecule has 1 spiro atoms. The first-order valence-corrected chi connectivity index (χ1v) is 12.2. The van der Waals surface area contributed by atoms with Gasteiger partial charge < -0.3 is 24.6 Å². The lowest BCUT2D eigenvalue weighted by Gasteiger charge is -2.51. The zero-order chi connectivity index (χ0) is 22.6. The van der Waals surface area contributed by atoms with Gasteiger partial charge in [-0.05, 0) is 45.3 Å². The monoisotopic (exact) mass is 444 g/mol. The minimum atomic E-state index is -0.396. The average molecular weight is 445 g/mol. The summed E-state index contributed by atoms with van der Waals surface area (Å²) in [5, 5.41) is 3.37. The molecule has 0 aromatic heterocycles. The molecule has 1 saturated carbocycles. The second-order valence-corrected chi connectivity index (χ2v) is 9.86. The van der Waals surface area contributed by atoms with Gasteiger partial charge in [-0.25, -0.2) is 4.79 Å². The molecule has 1 aliphatic carbocycles. The maximum absolute atomic E-state index is 13.1. The third-order valence-electron chi connectivity index (χ3n) is 7.31. The van der Waals surface area contributed by atoms with Crippen LogP contribution in [-0.4, -0.2) is 92.1 Å². The highest BCUT2D eigenvalue weighted by atomic mass is 16.7. The maximum Gasteiger partial charge on any atom is 0.317 e. The molecule has 1 unspecified atom stereocenters. The van der Waals surface area contributed by atoms with Crippen LogP contribution in [0.4, 0.5) is 4.79 Å². The van der Waals surface area contributed by atoms with Crippen LogP contribution in [0.3, 0.4) is 0 Å². The van der Waals surface area contributed by atoms with Gasteiger partial charge in [0.2, 0.25) is 0 Å². The Morgan fingerprint density at radius 1 is 1.19 bits per heavy atom. The standard InChI is InChI=1S/C25H40N4O3/c1-4-28(13-12-27(2)3)24(30)26-22-16-21-17-25(31-14-15-32-25)11-10-23(21)29(19-22)18-20-8-6-5-7-9-20/h5-9,21-23H,4,10-19H2,1-3H3,(H,26,30)/t21-,22+,23?/m1/s1. The Bertz CT molecular complexity index is 738. The highest BCUT2D eigenvalue weighted by Gasteiger charge is 2.49. The van der Waals surface area contributed by atoms with Crippen molar-refractivity contribution in [2.75, 3.05) is 53.5 Å². The molecule has 1 N–H and O–H groups in total. The molecule has 0 bridgehead atoms. The van der Waals surface area contributed by atoms with E-state index in [1.165, 1.54) is 5.56 Å². The van der Waals surface area contributed by atoms with Gasteiger partial charge in [0.1, 0.15) is 0 Å². The van der Waals surface area contributed by atoms with Crippen molar-refractivity contribution in [3.8, 4) is 0 Å². The summed E-state index contributed by atoms with van der Waals surface area (Å²) in [5.41, 5.74) is 1.33. The van der Waals surface area contributed by atoms with E-state index in [0.29, 0.717) is 25.2 Å². The molecule has 3 fully saturated rings. The van der Waals surface area contributed by atoms with Crippen molar-refractivity contribution in [2.45, 2.75) is 57.0 Å². The van der Waals surface area contributed by atoms with E-state index in [2.05, 4.69) is 45.4 Å². The molecule has 178 valence electrons. The molecule has 1 aromatic rings. The number of piperidine rings is 1. The highest BCUT2D eigenvalue weighted by molar-refractivity contribution is 5.74. The number of hydrogen-bond acceptors (Lipinski definition) is 5. The van der Waals surface area contributed by atoms with E-state index in [1.54, 1.807) is 0 Å². The Balaban J connectivity index is 1.45. The van der Waals surface area contributed by atoms with E-state index in [4.69, 9.17) is 9.47 Å². The number of likely N-dealkylation sites (tertiary alicyclic amines) is 1. The van der Waals surface area contributed by atoms with Crippen molar-refractivity contribution in [1.82, 2.24) is 20.0 Å². The number of nitrogens with one attached hydrogen (secondary N) is 1. The van der Waals surface area contributed by atoms with Gasteiger partial charge in [-0.15, -0.1) is 0 Å². The summed E-state index contributed by atoms with van der Waals surface area (Å²) < 4.78 is 12.1. The summed E-state index contributed by atoms with van der Waals surface area (Å²) >= 11 is 0. The molecule has 2 aliphatic heterocycles. The SMILES string of the molecule is CCN(CCN(C)C)C(=O)N[C@H]1C[C@@H]2CC3(CCC2N(Cc2ccccc2)C1)OCCO3. The fourth-order valence-electron chi connectivity index (χ4n) is 5.67. The van der Waals surface area contributed by atoms with E-state index in [9.17, 15) is 4.79 Å². The van der Waals surface area contributed by atoms with Crippen LogP contribution in [-0.2, 0) is 16.0 Å². The topological polar surface area (TPSA) is 57.3 Å². The molecule has 0 radical (unpaired) electrons. The minimum absolute atomic E-state index is 0.0522. The number of likely N-dealkylation sites (N-methyl/N-ethyl adjacent to an activating group) is 2. The van der Waals surface area contributed by atoms with Gasteiger partial charge in [0.05, 0.1) is 13.2 Å². The van der Waals surface area contributed by atoms with Crippen molar-refractivity contribution in [2.24, 2.45) is 5.92 Å². The van der Waals surface area contributed by atoms with E-state index in [0.717, 1.165) is 58.4 Å². The minimum Gasteiger partial charge on any atom is -0.348 e. The van der Waals surface area contributed by atoms with Gasteiger partial charge in [0.15, 0.2) is 5.79 Å². The molecule has 7 nitrogen and oxygen atoms in total. The molecule has 2 saturated heterocycles. The van der Waals surface area contributed by atoms with Gasteiger partial charge >= 0.3 is 6.03 Å². The summed E-state index contributed by atoms with van der Waals surface area (Å²) in [5.74, 6) is 0.0635. The first-order valence-electron chi connectivity index (χ1n) is 12.2. The molecule has 32 heavy (non-hydrogen) atoms. The van der Waals surface area contributed by atoms with Gasteiger partial charge in [-0.3, -0.25) is 4.90 Å².